The van der Waals surface area contributed by atoms with E-state index in [1.807, 2.05) is 0 Å². The third-order valence-corrected chi connectivity index (χ3v) is 1.82. The van der Waals surface area contributed by atoms with Gasteiger partial charge in [-0.15, -0.1) is 18.5 Å². The van der Waals surface area contributed by atoms with Crippen LogP contribution in [0.1, 0.15) is 0 Å². The molecule has 0 radical (unpaired) electrons. The van der Waals surface area contributed by atoms with Crippen LogP contribution in [-0.2, 0) is 0 Å². The molecular formula is C3H11NP2. The summed E-state index contributed by atoms with van der Waals surface area (Å²) in [4.78, 5) is 0. The average molecular weight is 123 g/mol. The zero-order valence-electron chi connectivity index (χ0n) is 3.72. The van der Waals surface area contributed by atoms with E-state index in [1.165, 1.54) is 0 Å². The second kappa shape index (κ2) is 3.99. The summed E-state index contributed by atoms with van der Waals surface area (Å²) in [6.45, 7) is 0. The monoisotopic (exact) mass is 123 g/mol. The van der Waals surface area contributed by atoms with Crippen molar-refractivity contribution in [2.75, 3.05) is 12.3 Å². The molecule has 38 valence electrons. The minimum absolute atomic E-state index is 0.361. The predicted molar refractivity (Wildman–Crippen MR) is 37.1 cm³/mol. The van der Waals surface area contributed by atoms with Crippen LogP contribution < -0.4 is 5.73 Å². The standard InChI is InChI=1S/C3H11NP2/c4-3(1-5)2-6/h3H,1-2,4-6H2. The van der Waals surface area contributed by atoms with Gasteiger partial charge in [-0.1, -0.05) is 0 Å². The molecule has 0 aliphatic heterocycles. The molecule has 0 aromatic rings. The van der Waals surface area contributed by atoms with E-state index in [9.17, 15) is 0 Å². The first-order valence-electron chi connectivity index (χ1n) is 1.97. The fraction of sp³-hybridized carbons (Fsp3) is 1.00. The lowest BCUT2D eigenvalue weighted by molar-refractivity contribution is 0.861. The van der Waals surface area contributed by atoms with Crippen molar-refractivity contribution < 1.29 is 0 Å². The number of hydrogen-bond donors (Lipinski definition) is 1. The number of nitrogens with two attached hydrogens (primary N) is 1. The molecule has 0 saturated carbocycles. The van der Waals surface area contributed by atoms with Crippen LogP contribution in [0.2, 0.25) is 0 Å². The first-order chi connectivity index (χ1) is 2.81. The Hall–Kier alpha value is 0.820. The molecule has 2 N–H and O–H groups in total. The van der Waals surface area contributed by atoms with Crippen LogP contribution >= 0.6 is 18.5 Å². The average Bonchev–Trinajstić information content (AvgIpc) is 1.65. The van der Waals surface area contributed by atoms with Gasteiger partial charge in [-0.25, -0.2) is 0 Å². The van der Waals surface area contributed by atoms with E-state index in [0.29, 0.717) is 6.04 Å². The Morgan fingerprint density at radius 3 is 1.67 bits per heavy atom. The van der Waals surface area contributed by atoms with Gasteiger partial charge in [-0.3, -0.25) is 0 Å². The lowest BCUT2D eigenvalue weighted by Gasteiger charge is -1.99. The van der Waals surface area contributed by atoms with Crippen molar-refractivity contribution in [2.45, 2.75) is 6.04 Å². The van der Waals surface area contributed by atoms with E-state index in [1.54, 1.807) is 0 Å². The molecule has 0 heterocycles. The highest BCUT2D eigenvalue weighted by atomic mass is 31.0. The van der Waals surface area contributed by atoms with Gasteiger partial charge in [0.05, 0.1) is 0 Å². The van der Waals surface area contributed by atoms with E-state index in [0.717, 1.165) is 12.3 Å². The van der Waals surface area contributed by atoms with E-state index in [2.05, 4.69) is 18.5 Å². The van der Waals surface area contributed by atoms with Crippen molar-refractivity contribution in [1.82, 2.24) is 0 Å². The van der Waals surface area contributed by atoms with Crippen LogP contribution in [0, 0.1) is 0 Å². The highest BCUT2D eigenvalue weighted by molar-refractivity contribution is 7.18. The molecule has 0 aromatic heterocycles. The van der Waals surface area contributed by atoms with E-state index in [-0.39, 0.29) is 0 Å². The van der Waals surface area contributed by atoms with Crippen molar-refractivity contribution in [2.24, 2.45) is 5.73 Å². The summed E-state index contributed by atoms with van der Waals surface area (Å²) in [5.74, 6) is 0. The third kappa shape index (κ3) is 3.03. The molecular weight excluding hydrogens is 112 g/mol. The molecule has 0 spiro atoms. The molecule has 6 heavy (non-hydrogen) atoms. The summed E-state index contributed by atoms with van der Waals surface area (Å²) >= 11 is 0. The second-order valence-electron chi connectivity index (χ2n) is 1.23. The van der Waals surface area contributed by atoms with E-state index >= 15 is 0 Å². The third-order valence-electron chi connectivity index (χ3n) is 0.605. The lowest BCUT2D eigenvalue weighted by atomic mass is 10.4. The molecule has 1 nitrogen and oxygen atoms in total. The summed E-state index contributed by atoms with van der Waals surface area (Å²) < 4.78 is 0. The first kappa shape index (κ1) is 6.82. The zero-order valence-corrected chi connectivity index (χ0v) is 6.03. The van der Waals surface area contributed by atoms with Crippen LogP contribution in [0.5, 0.6) is 0 Å². The zero-order chi connectivity index (χ0) is 4.99. The Morgan fingerprint density at radius 1 is 1.33 bits per heavy atom. The van der Waals surface area contributed by atoms with E-state index in [4.69, 9.17) is 5.73 Å². The summed E-state index contributed by atoms with van der Waals surface area (Å²) in [5.41, 5.74) is 5.43. The molecule has 0 aliphatic rings. The highest BCUT2D eigenvalue weighted by Crippen LogP contribution is 1.90. The minimum atomic E-state index is 0.361. The number of hydrogen-bond acceptors (Lipinski definition) is 1. The first-order valence-corrected chi connectivity index (χ1v) is 3.60. The van der Waals surface area contributed by atoms with Crippen molar-refractivity contribution in [1.29, 1.82) is 0 Å². The van der Waals surface area contributed by atoms with Gasteiger partial charge in [0.15, 0.2) is 0 Å². The summed E-state index contributed by atoms with van der Waals surface area (Å²) in [7, 11) is 5.20. The Balaban J connectivity index is 2.75. The quantitative estimate of drug-likeness (QED) is 0.516. The van der Waals surface area contributed by atoms with Crippen molar-refractivity contribution >= 4 is 18.5 Å². The SMILES string of the molecule is NC(CP)CP. The van der Waals surface area contributed by atoms with Gasteiger partial charge in [-0.05, 0) is 12.3 Å². The Kier molecular flexibility index (Phi) is 4.54. The van der Waals surface area contributed by atoms with Gasteiger partial charge < -0.3 is 5.73 Å². The highest BCUT2D eigenvalue weighted by Gasteiger charge is 1.88. The predicted octanol–water partition coefficient (Wildman–Crippen LogP) is 0.0639. The molecule has 0 amide bonds. The van der Waals surface area contributed by atoms with Crippen LogP contribution in [0.25, 0.3) is 0 Å². The smallest absolute Gasteiger partial charge is 0.0108 e. The molecule has 0 fully saturated rings. The topological polar surface area (TPSA) is 26.0 Å². The summed E-state index contributed by atoms with van der Waals surface area (Å²) in [6.07, 6.45) is 2.01. The van der Waals surface area contributed by atoms with Crippen LogP contribution in [0.4, 0.5) is 0 Å². The van der Waals surface area contributed by atoms with E-state index < -0.39 is 0 Å². The summed E-state index contributed by atoms with van der Waals surface area (Å²) in [5, 5.41) is 0. The largest absolute Gasteiger partial charge is 0.327 e. The second-order valence-corrected chi connectivity index (χ2v) is 2.17. The van der Waals surface area contributed by atoms with Crippen LogP contribution in [0.3, 0.4) is 0 Å². The molecule has 0 saturated heterocycles. The Labute approximate surface area is 43.5 Å². The van der Waals surface area contributed by atoms with Gasteiger partial charge in [-0.2, -0.15) is 0 Å². The summed E-state index contributed by atoms with van der Waals surface area (Å²) in [6, 6.07) is 0.361. The van der Waals surface area contributed by atoms with Gasteiger partial charge in [0.1, 0.15) is 0 Å². The minimum Gasteiger partial charge on any atom is -0.327 e. The molecule has 0 bridgehead atoms. The maximum atomic E-state index is 5.43. The molecule has 2 atom stereocenters. The lowest BCUT2D eigenvalue weighted by Crippen LogP contribution is -2.22. The maximum absolute atomic E-state index is 5.43. The van der Waals surface area contributed by atoms with Gasteiger partial charge in [0, 0.05) is 6.04 Å². The Bertz CT molecular complexity index is 28.0. The molecule has 0 aromatic carbocycles. The van der Waals surface area contributed by atoms with Crippen molar-refractivity contribution in [3.05, 3.63) is 0 Å². The molecule has 0 aliphatic carbocycles. The molecule has 0 rings (SSSR count). The fourth-order valence-corrected chi connectivity index (χ4v) is 0.866. The van der Waals surface area contributed by atoms with Gasteiger partial charge >= 0.3 is 0 Å². The fourth-order valence-electron chi connectivity index (χ4n) is 0.0962. The number of rotatable bonds is 2. The van der Waals surface area contributed by atoms with Crippen LogP contribution in [0.15, 0.2) is 0 Å². The van der Waals surface area contributed by atoms with Gasteiger partial charge in [0.25, 0.3) is 0 Å². The maximum Gasteiger partial charge on any atom is 0.0108 e. The Morgan fingerprint density at radius 2 is 1.67 bits per heavy atom. The molecule has 3 heteroatoms. The molecule has 2 unspecified atom stereocenters. The van der Waals surface area contributed by atoms with Crippen molar-refractivity contribution in [3.8, 4) is 0 Å². The van der Waals surface area contributed by atoms with Crippen LogP contribution in [-0.4, -0.2) is 18.4 Å². The van der Waals surface area contributed by atoms with Gasteiger partial charge in [0.2, 0.25) is 0 Å². The van der Waals surface area contributed by atoms with Crippen molar-refractivity contribution in [3.63, 3.8) is 0 Å². The normalized spacial score (nSPS) is 10.0.